The van der Waals surface area contributed by atoms with E-state index >= 15 is 0 Å². The normalized spacial score (nSPS) is 20.9. The summed E-state index contributed by atoms with van der Waals surface area (Å²) in [5.41, 5.74) is 0.817. The quantitative estimate of drug-likeness (QED) is 0.280. The molecule has 1 fully saturated rings. The Hall–Kier alpha value is -3.41. The number of allylic oxidation sites excluding steroid dienone is 1. The van der Waals surface area contributed by atoms with Crippen LogP contribution in [0, 0.1) is 6.92 Å². The van der Waals surface area contributed by atoms with Crippen LogP contribution in [0.2, 0.25) is 0 Å². The molecule has 2 N–H and O–H groups in total. The summed E-state index contributed by atoms with van der Waals surface area (Å²) < 4.78 is 17.6. The summed E-state index contributed by atoms with van der Waals surface area (Å²) in [7, 11) is 1.52. The summed E-state index contributed by atoms with van der Waals surface area (Å²) in [6, 6.07) is -0.531. The molecule has 0 saturated heterocycles. The predicted octanol–water partition coefficient (Wildman–Crippen LogP) is 5.58. The Morgan fingerprint density at radius 1 is 1.35 bits per heavy atom. The number of ether oxygens (including phenoxy) is 2. The number of carbonyl (C=O) groups excluding carboxylic acids is 1. The number of carboxylic acid groups (broad SMARTS) is 1. The van der Waals surface area contributed by atoms with Crippen molar-refractivity contribution < 1.29 is 33.7 Å². The SMILES string of the molecule is C=C(OC)/C(=C\C)[C@H](CN1C(=O)N(C(C)(C)C(=O)O)C(=C)c2c1sc(-c1ncco1)c2C)O[C@H]1CC[C@@H](O)CC1. The Kier molecular flexibility index (Phi) is 8.57. The van der Waals surface area contributed by atoms with E-state index in [-0.39, 0.29) is 18.8 Å². The number of fused-ring (bicyclic) bond motifs is 1. The van der Waals surface area contributed by atoms with Gasteiger partial charge in [0.25, 0.3) is 0 Å². The minimum atomic E-state index is -1.59. The number of urea groups is 1. The second kappa shape index (κ2) is 11.6. The molecule has 216 valence electrons. The highest BCUT2D eigenvalue weighted by Crippen LogP contribution is 2.50. The van der Waals surface area contributed by atoms with E-state index in [9.17, 15) is 19.8 Å². The van der Waals surface area contributed by atoms with Crippen LogP contribution in [0.1, 0.15) is 57.6 Å². The Bertz CT molecular complexity index is 1320. The van der Waals surface area contributed by atoms with Crippen LogP contribution in [0.4, 0.5) is 9.80 Å². The van der Waals surface area contributed by atoms with E-state index in [4.69, 9.17) is 13.9 Å². The molecule has 3 heterocycles. The summed E-state index contributed by atoms with van der Waals surface area (Å²) in [5, 5.41) is 20.7. The summed E-state index contributed by atoms with van der Waals surface area (Å²) in [4.78, 5) is 34.3. The fourth-order valence-electron chi connectivity index (χ4n) is 5.27. The van der Waals surface area contributed by atoms with Crippen molar-refractivity contribution in [1.29, 1.82) is 0 Å². The number of rotatable bonds is 10. The number of aliphatic carboxylic acids is 1. The van der Waals surface area contributed by atoms with Gasteiger partial charge in [0.2, 0.25) is 5.89 Å². The van der Waals surface area contributed by atoms with Gasteiger partial charge in [-0.05, 0) is 58.9 Å². The van der Waals surface area contributed by atoms with Crippen LogP contribution < -0.4 is 4.90 Å². The first-order chi connectivity index (χ1) is 18.9. The van der Waals surface area contributed by atoms with Crippen molar-refractivity contribution in [3.8, 4) is 10.8 Å². The summed E-state index contributed by atoms with van der Waals surface area (Å²) in [5.74, 6) is -0.360. The molecule has 2 amide bonds. The average molecular weight is 572 g/mol. The van der Waals surface area contributed by atoms with Gasteiger partial charge in [-0.15, -0.1) is 11.3 Å². The van der Waals surface area contributed by atoms with Gasteiger partial charge in [-0.3, -0.25) is 9.80 Å². The van der Waals surface area contributed by atoms with Gasteiger partial charge in [-0.1, -0.05) is 19.2 Å². The molecule has 0 aromatic carbocycles. The van der Waals surface area contributed by atoms with Gasteiger partial charge in [-0.2, -0.15) is 0 Å². The number of thiophene rings is 1. The molecule has 1 atom stereocenters. The number of methoxy groups -OCH3 is 1. The standard InChI is InChI=1S/C29H37N3O7S/c1-8-21(18(4)37-7)22(39-20-11-9-19(33)10-12-20)15-31-26-23(16(2)24(40-26)25-30-13-14-38-25)17(3)32(28(31)36)29(5,6)27(34)35/h8,13-14,19-20,22,33H,3-4,9-12,15H2,1-2,5-7H3,(H,34,35)/b21-8+/t19-,20+,22-/m0/s1. The largest absolute Gasteiger partial charge is 0.497 e. The number of aliphatic hydroxyl groups is 1. The monoisotopic (exact) mass is 571 g/mol. The van der Waals surface area contributed by atoms with Crippen molar-refractivity contribution >= 4 is 34.0 Å². The molecule has 0 radical (unpaired) electrons. The average Bonchev–Trinajstić information content (AvgIpc) is 3.55. The van der Waals surface area contributed by atoms with E-state index in [1.165, 1.54) is 43.5 Å². The number of amides is 2. The molecule has 0 bridgehead atoms. The zero-order valence-corrected chi connectivity index (χ0v) is 24.4. The van der Waals surface area contributed by atoms with Gasteiger partial charge in [0.15, 0.2) is 0 Å². The van der Waals surface area contributed by atoms with E-state index in [1.54, 1.807) is 11.1 Å². The van der Waals surface area contributed by atoms with E-state index in [0.717, 1.165) is 10.4 Å². The second-order valence-corrected chi connectivity index (χ2v) is 11.5. The highest BCUT2D eigenvalue weighted by Gasteiger charge is 2.48. The number of anilines is 1. The van der Waals surface area contributed by atoms with E-state index in [0.29, 0.717) is 59.2 Å². The molecule has 2 aliphatic rings. The minimum Gasteiger partial charge on any atom is -0.497 e. The zero-order chi connectivity index (χ0) is 29.4. The Balaban J connectivity index is 1.83. The first-order valence-electron chi connectivity index (χ1n) is 13.2. The van der Waals surface area contributed by atoms with E-state index < -0.39 is 23.6 Å². The van der Waals surface area contributed by atoms with Crippen molar-refractivity contribution in [3.05, 3.63) is 54.2 Å². The summed E-state index contributed by atoms with van der Waals surface area (Å²) >= 11 is 1.33. The molecule has 1 saturated carbocycles. The number of carboxylic acids is 1. The van der Waals surface area contributed by atoms with Crippen molar-refractivity contribution in [3.63, 3.8) is 0 Å². The van der Waals surface area contributed by atoms with Crippen LogP contribution in [-0.2, 0) is 14.3 Å². The molecular weight excluding hydrogens is 534 g/mol. The molecule has 1 aliphatic heterocycles. The van der Waals surface area contributed by atoms with Gasteiger partial charge < -0.3 is 24.1 Å². The molecule has 11 heteroatoms. The van der Waals surface area contributed by atoms with Crippen LogP contribution in [0.25, 0.3) is 16.5 Å². The Morgan fingerprint density at radius 3 is 2.58 bits per heavy atom. The lowest BCUT2D eigenvalue weighted by Crippen LogP contribution is -2.59. The number of nitrogens with zero attached hydrogens (tertiary/aromatic N) is 3. The first-order valence-corrected chi connectivity index (χ1v) is 14.0. The maximum absolute atomic E-state index is 14.2. The van der Waals surface area contributed by atoms with Gasteiger partial charge in [0, 0.05) is 11.1 Å². The fraction of sp³-hybridized carbons (Fsp3) is 0.483. The Labute approximate surface area is 238 Å². The lowest BCUT2D eigenvalue weighted by Gasteiger charge is -2.44. The molecular formula is C29H37N3O7S. The third-order valence-corrected chi connectivity index (χ3v) is 8.94. The van der Waals surface area contributed by atoms with E-state index in [1.807, 2.05) is 19.9 Å². The lowest BCUT2D eigenvalue weighted by atomic mass is 9.94. The summed E-state index contributed by atoms with van der Waals surface area (Å²) in [6.07, 6.45) is 6.36. The fourth-order valence-corrected chi connectivity index (χ4v) is 6.55. The molecule has 0 unspecified atom stereocenters. The van der Waals surface area contributed by atoms with Crippen LogP contribution in [0.3, 0.4) is 0 Å². The van der Waals surface area contributed by atoms with Gasteiger partial charge in [0.05, 0.1) is 42.6 Å². The molecule has 4 rings (SSSR count). The minimum absolute atomic E-state index is 0.0669. The predicted molar refractivity (Wildman–Crippen MR) is 153 cm³/mol. The number of hydrogen-bond acceptors (Lipinski definition) is 8. The van der Waals surface area contributed by atoms with Gasteiger partial charge in [0.1, 0.15) is 28.7 Å². The topological polar surface area (TPSA) is 126 Å². The van der Waals surface area contributed by atoms with Crippen molar-refractivity contribution in [1.82, 2.24) is 9.88 Å². The molecule has 40 heavy (non-hydrogen) atoms. The van der Waals surface area contributed by atoms with Crippen LogP contribution >= 0.6 is 11.3 Å². The molecule has 10 nitrogen and oxygen atoms in total. The zero-order valence-electron chi connectivity index (χ0n) is 23.6. The van der Waals surface area contributed by atoms with Crippen molar-refractivity contribution in [2.75, 3.05) is 18.6 Å². The van der Waals surface area contributed by atoms with Crippen molar-refractivity contribution in [2.24, 2.45) is 0 Å². The highest BCUT2D eigenvalue weighted by molar-refractivity contribution is 7.20. The van der Waals surface area contributed by atoms with Gasteiger partial charge in [-0.25, -0.2) is 14.6 Å². The van der Waals surface area contributed by atoms with Gasteiger partial charge >= 0.3 is 12.0 Å². The highest BCUT2D eigenvalue weighted by atomic mass is 32.1. The molecule has 2 aromatic heterocycles. The second-order valence-electron chi connectivity index (χ2n) is 10.5. The number of oxazole rings is 1. The number of carbonyl (C=O) groups is 2. The van der Waals surface area contributed by atoms with E-state index in [2.05, 4.69) is 18.1 Å². The molecule has 1 aliphatic carbocycles. The third kappa shape index (κ3) is 5.33. The molecule has 2 aromatic rings. The number of hydrogen-bond donors (Lipinski definition) is 2. The molecule has 0 spiro atoms. The first kappa shape index (κ1) is 29.6. The maximum atomic E-state index is 14.2. The summed E-state index contributed by atoms with van der Waals surface area (Å²) in [6.45, 7) is 15.0. The Morgan fingerprint density at radius 2 is 2.02 bits per heavy atom. The number of aliphatic hydroxyl groups excluding tert-OH is 1. The van der Waals surface area contributed by atoms with Crippen LogP contribution in [0.15, 0.2) is 47.4 Å². The van der Waals surface area contributed by atoms with Crippen LogP contribution in [0.5, 0.6) is 0 Å². The lowest BCUT2D eigenvalue weighted by molar-refractivity contribution is -0.146. The van der Waals surface area contributed by atoms with Crippen molar-refractivity contribution in [2.45, 2.75) is 77.2 Å². The number of aromatic nitrogens is 1. The maximum Gasteiger partial charge on any atom is 0.330 e. The smallest absolute Gasteiger partial charge is 0.330 e. The third-order valence-electron chi connectivity index (χ3n) is 7.64. The van der Waals surface area contributed by atoms with Crippen LogP contribution in [-0.4, -0.2) is 69.6 Å².